The Bertz CT molecular complexity index is 318. The van der Waals surface area contributed by atoms with Gasteiger partial charge in [-0.25, -0.2) is 0 Å². The average Bonchev–Trinajstić information content (AvgIpc) is 2.20. The van der Waals surface area contributed by atoms with Crippen LogP contribution in [0.25, 0.3) is 0 Å². The molecule has 92 valence electrons. The molecule has 2 rings (SSSR count). The number of nitrogens with zero attached hydrogens (tertiary/aromatic N) is 1. The molecule has 0 radical (unpaired) electrons. The third-order valence-corrected chi connectivity index (χ3v) is 2.93. The first-order chi connectivity index (χ1) is 6.79. The number of rotatable bonds is 1. The number of para-hydroxylation sites is 1. The van der Waals surface area contributed by atoms with Gasteiger partial charge in [-0.2, -0.15) is 0 Å². The van der Waals surface area contributed by atoms with Crippen molar-refractivity contribution in [2.45, 2.75) is 19.9 Å². The van der Waals surface area contributed by atoms with Gasteiger partial charge in [0, 0.05) is 31.4 Å². The fourth-order valence-corrected chi connectivity index (χ4v) is 2.08. The minimum Gasteiger partial charge on any atom is -0.366 e. The third-order valence-electron chi connectivity index (χ3n) is 2.93. The summed E-state index contributed by atoms with van der Waals surface area (Å²) in [6.07, 6.45) is 0. The predicted molar refractivity (Wildman–Crippen MR) is 75.4 cm³/mol. The van der Waals surface area contributed by atoms with Gasteiger partial charge in [-0.3, -0.25) is 0 Å². The van der Waals surface area contributed by atoms with Crippen LogP contribution in [-0.2, 0) is 0 Å². The molecule has 1 atom stereocenters. The summed E-state index contributed by atoms with van der Waals surface area (Å²) >= 11 is 0. The van der Waals surface area contributed by atoms with Crippen molar-refractivity contribution in [2.75, 3.05) is 24.5 Å². The zero-order chi connectivity index (χ0) is 9.97. The number of halogens is 2. The summed E-state index contributed by atoms with van der Waals surface area (Å²) in [6.45, 7) is 7.77. The largest absolute Gasteiger partial charge is 0.366 e. The Labute approximate surface area is 110 Å². The van der Waals surface area contributed by atoms with Gasteiger partial charge in [0.1, 0.15) is 0 Å². The molecule has 0 bridgehead atoms. The molecule has 1 aliphatic heterocycles. The van der Waals surface area contributed by atoms with Crippen LogP contribution in [0.1, 0.15) is 12.5 Å². The maximum absolute atomic E-state index is 3.41. The van der Waals surface area contributed by atoms with E-state index in [2.05, 4.69) is 48.3 Å². The second-order valence-electron chi connectivity index (χ2n) is 4.03. The van der Waals surface area contributed by atoms with E-state index in [9.17, 15) is 0 Å². The molecule has 1 aromatic carbocycles. The van der Waals surface area contributed by atoms with Crippen molar-refractivity contribution in [3.63, 3.8) is 0 Å². The van der Waals surface area contributed by atoms with E-state index in [1.54, 1.807) is 0 Å². The van der Waals surface area contributed by atoms with Gasteiger partial charge >= 0.3 is 0 Å². The Hall–Kier alpha value is -0.440. The Balaban J connectivity index is 0.00000112. The molecule has 0 aliphatic carbocycles. The zero-order valence-electron chi connectivity index (χ0n) is 9.77. The molecule has 1 aromatic rings. The van der Waals surface area contributed by atoms with Gasteiger partial charge < -0.3 is 10.2 Å². The molecule has 1 aliphatic rings. The second-order valence-corrected chi connectivity index (χ2v) is 4.03. The van der Waals surface area contributed by atoms with Gasteiger partial charge in [0.2, 0.25) is 0 Å². The minimum atomic E-state index is 0. The highest BCUT2D eigenvalue weighted by atomic mass is 35.5. The summed E-state index contributed by atoms with van der Waals surface area (Å²) < 4.78 is 0. The highest BCUT2D eigenvalue weighted by Gasteiger charge is 2.18. The summed E-state index contributed by atoms with van der Waals surface area (Å²) in [6, 6.07) is 9.23. The number of anilines is 1. The summed E-state index contributed by atoms with van der Waals surface area (Å²) in [4.78, 5) is 2.49. The number of hydrogen-bond donors (Lipinski definition) is 1. The Morgan fingerprint density at radius 1 is 1.25 bits per heavy atom. The van der Waals surface area contributed by atoms with E-state index in [0.29, 0.717) is 6.04 Å². The van der Waals surface area contributed by atoms with Gasteiger partial charge in [0.15, 0.2) is 0 Å². The Morgan fingerprint density at radius 2 is 1.94 bits per heavy atom. The van der Waals surface area contributed by atoms with Crippen LogP contribution in [0, 0.1) is 6.92 Å². The van der Waals surface area contributed by atoms with Crippen molar-refractivity contribution in [2.24, 2.45) is 0 Å². The summed E-state index contributed by atoms with van der Waals surface area (Å²) in [5.74, 6) is 0. The summed E-state index contributed by atoms with van der Waals surface area (Å²) in [5, 5.41) is 3.41. The number of piperazine rings is 1. The van der Waals surface area contributed by atoms with Crippen molar-refractivity contribution < 1.29 is 0 Å². The second kappa shape index (κ2) is 7.00. The van der Waals surface area contributed by atoms with E-state index >= 15 is 0 Å². The minimum absolute atomic E-state index is 0. The molecule has 0 aromatic heterocycles. The topological polar surface area (TPSA) is 15.3 Å². The molecular formula is C12H20Cl2N2. The molecular weight excluding hydrogens is 243 g/mol. The molecule has 16 heavy (non-hydrogen) atoms. The first-order valence-electron chi connectivity index (χ1n) is 5.32. The fourth-order valence-electron chi connectivity index (χ4n) is 2.08. The van der Waals surface area contributed by atoms with Crippen LogP contribution >= 0.6 is 24.8 Å². The molecule has 1 heterocycles. The van der Waals surface area contributed by atoms with Crippen molar-refractivity contribution in [3.05, 3.63) is 29.8 Å². The van der Waals surface area contributed by atoms with Crippen LogP contribution in [0.15, 0.2) is 24.3 Å². The van der Waals surface area contributed by atoms with E-state index in [4.69, 9.17) is 0 Å². The number of benzene rings is 1. The molecule has 2 nitrogen and oxygen atoms in total. The van der Waals surface area contributed by atoms with Crippen molar-refractivity contribution in [3.8, 4) is 0 Å². The summed E-state index contributed by atoms with van der Waals surface area (Å²) in [5.41, 5.74) is 2.77. The van der Waals surface area contributed by atoms with E-state index in [1.165, 1.54) is 11.3 Å². The zero-order valence-corrected chi connectivity index (χ0v) is 11.4. The normalized spacial score (nSPS) is 19.6. The maximum atomic E-state index is 3.41. The van der Waals surface area contributed by atoms with E-state index < -0.39 is 0 Å². The SMILES string of the molecule is Cc1ccccc1N1CCNC[C@H]1C.Cl.Cl. The molecule has 0 unspecified atom stereocenters. The van der Waals surface area contributed by atoms with Crippen LogP contribution in [0.5, 0.6) is 0 Å². The van der Waals surface area contributed by atoms with Crippen LogP contribution < -0.4 is 10.2 Å². The fraction of sp³-hybridized carbons (Fsp3) is 0.500. The lowest BCUT2D eigenvalue weighted by Gasteiger charge is -2.36. The van der Waals surface area contributed by atoms with Crippen LogP contribution in [0.3, 0.4) is 0 Å². The third kappa shape index (κ3) is 3.27. The molecule has 1 saturated heterocycles. The lowest BCUT2D eigenvalue weighted by atomic mass is 10.1. The lowest BCUT2D eigenvalue weighted by Crippen LogP contribution is -2.50. The van der Waals surface area contributed by atoms with Crippen molar-refractivity contribution >= 4 is 30.5 Å². The van der Waals surface area contributed by atoms with Gasteiger partial charge in [-0.05, 0) is 25.5 Å². The van der Waals surface area contributed by atoms with Crippen molar-refractivity contribution in [1.29, 1.82) is 0 Å². The smallest absolute Gasteiger partial charge is 0.0399 e. The van der Waals surface area contributed by atoms with Crippen molar-refractivity contribution in [1.82, 2.24) is 5.32 Å². The first-order valence-corrected chi connectivity index (χ1v) is 5.32. The van der Waals surface area contributed by atoms with Crippen LogP contribution in [0.2, 0.25) is 0 Å². The summed E-state index contributed by atoms with van der Waals surface area (Å²) in [7, 11) is 0. The molecule has 1 N–H and O–H groups in total. The standard InChI is InChI=1S/C12H18N2.2ClH/c1-10-5-3-4-6-12(10)14-8-7-13-9-11(14)2;;/h3-6,11,13H,7-9H2,1-2H3;2*1H/t11-;;/m1../s1. The van der Waals surface area contributed by atoms with Crippen LogP contribution in [-0.4, -0.2) is 25.7 Å². The quantitative estimate of drug-likeness (QED) is 0.838. The van der Waals surface area contributed by atoms with E-state index in [0.717, 1.165) is 19.6 Å². The number of nitrogens with one attached hydrogen (secondary N) is 1. The maximum Gasteiger partial charge on any atom is 0.0399 e. The van der Waals surface area contributed by atoms with Gasteiger partial charge in [-0.15, -0.1) is 24.8 Å². The first kappa shape index (κ1) is 15.6. The van der Waals surface area contributed by atoms with Crippen LogP contribution in [0.4, 0.5) is 5.69 Å². The molecule has 4 heteroatoms. The average molecular weight is 263 g/mol. The molecule has 0 spiro atoms. The monoisotopic (exact) mass is 262 g/mol. The molecule has 0 saturated carbocycles. The Morgan fingerprint density at radius 3 is 2.56 bits per heavy atom. The van der Waals surface area contributed by atoms with Gasteiger partial charge in [0.05, 0.1) is 0 Å². The van der Waals surface area contributed by atoms with E-state index in [1.807, 2.05) is 0 Å². The number of aryl methyl sites for hydroxylation is 1. The molecule has 0 amide bonds. The number of hydrogen-bond acceptors (Lipinski definition) is 2. The molecule has 1 fully saturated rings. The Kier molecular flexibility index (Phi) is 6.81. The van der Waals surface area contributed by atoms with E-state index in [-0.39, 0.29) is 24.8 Å². The highest BCUT2D eigenvalue weighted by molar-refractivity contribution is 5.85. The lowest BCUT2D eigenvalue weighted by molar-refractivity contribution is 0.500. The highest BCUT2D eigenvalue weighted by Crippen LogP contribution is 2.22. The van der Waals surface area contributed by atoms with Gasteiger partial charge in [0.25, 0.3) is 0 Å². The van der Waals surface area contributed by atoms with Gasteiger partial charge in [-0.1, -0.05) is 18.2 Å². The predicted octanol–water partition coefficient (Wildman–Crippen LogP) is 2.64.